The molecule has 23 heavy (non-hydrogen) atoms. The molecule has 0 bridgehead atoms. The second kappa shape index (κ2) is 7.95. The Bertz CT molecular complexity index is 394. The monoisotopic (exact) mass is 325 g/mol. The summed E-state index contributed by atoms with van der Waals surface area (Å²) in [6.07, 6.45) is 5.02. The van der Waals surface area contributed by atoms with Crippen LogP contribution in [0.4, 0.5) is 0 Å². The number of rotatable bonds is 6. The first kappa shape index (κ1) is 18.7. The number of amides is 1. The van der Waals surface area contributed by atoms with Gasteiger partial charge in [0.05, 0.1) is 18.8 Å². The Labute approximate surface area is 141 Å². The van der Waals surface area contributed by atoms with Gasteiger partial charge in [0.15, 0.2) is 0 Å². The molecule has 0 radical (unpaired) electrons. The zero-order valence-corrected chi connectivity index (χ0v) is 15.6. The smallest absolute Gasteiger partial charge is 0.240 e. The summed E-state index contributed by atoms with van der Waals surface area (Å²) in [5, 5.41) is 3.18. The van der Waals surface area contributed by atoms with Gasteiger partial charge in [-0.1, -0.05) is 12.8 Å². The molecule has 1 N–H and O–H groups in total. The molecule has 5 nitrogen and oxygen atoms in total. The Balaban J connectivity index is 1.84. The molecule has 0 aromatic rings. The van der Waals surface area contributed by atoms with Crippen molar-refractivity contribution in [3.05, 3.63) is 0 Å². The molecule has 1 saturated heterocycles. The van der Waals surface area contributed by atoms with Crippen molar-refractivity contribution in [3.8, 4) is 0 Å². The van der Waals surface area contributed by atoms with E-state index < -0.39 is 5.54 Å². The molecule has 1 aliphatic heterocycles. The summed E-state index contributed by atoms with van der Waals surface area (Å²) in [5.41, 5.74) is -0.453. The molecule has 0 aromatic heterocycles. The second-order valence-electron chi connectivity index (χ2n) is 7.83. The minimum atomic E-state index is -0.453. The predicted octanol–water partition coefficient (Wildman–Crippen LogP) is 1.86. The zero-order chi connectivity index (χ0) is 17.0. The molecule has 1 heterocycles. The lowest BCUT2D eigenvalue weighted by atomic mass is 9.98. The van der Waals surface area contributed by atoms with Gasteiger partial charge >= 0.3 is 0 Å². The van der Waals surface area contributed by atoms with E-state index >= 15 is 0 Å². The Kier molecular flexibility index (Phi) is 6.46. The number of carbonyl (C=O) groups excluding carboxylic acids is 1. The van der Waals surface area contributed by atoms with Gasteiger partial charge in [0.25, 0.3) is 0 Å². The number of hydrogen-bond donors (Lipinski definition) is 1. The number of hydrogen-bond acceptors (Lipinski definition) is 4. The van der Waals surface area contributed by atoms with Gasteiger partial charge in [-0.3, -0.25) is 14.6 Å². The molecule has 134 valence electrons. The van der Waals surface area contributed by atoms with Crippen molar-refractivity contribution in [2.75, 3.05) is 33.4 Å². The highest BCUT2D eigenvalue weighted by Gasteiger charge is 2.37. The summed E-state index contributed by atoms with van der Waals surface area (Å²) in [4.78, 5) is 17.4. The lowest BCUT2D eigenvalue weighted by Gasteiger charge is -2.40. The van der Waals surface area contributed by atoms with Crippen LogP contribution in [0.25, 0.3) is 0 Å². The number of likely N-dealkylation sites (N-methyl/N-ethyl adjacent to an activating group) is 1. The summed E-state index contributed by atoms with van der Waals surface area (Å²) in [5.74, 6) is 0.139. The Hall–Kier alpha value is -0.650. The van der Waals surface area contributed by atoms with Crippen molar-refractivity contribution in [3.63, 3.8) is 0 Å². The highest BCUT2D eigenvalue weighted by molar-refractivity contribution is 5.85. The lowest BCUT2D eigenvalue weighted by Crippen LogP contribution is -2.58. The first-order chi connectivity index (χ1) is 10.8. The molecule has 5 heteroatoms. The average molecular weight is 325 g/mol. The number of carbonyl (C=O) groups is 1. The first-order valence-corrected chi connectivity index (χ1v) is 9.18. The summed E-state index contributed by atoms with van der Waals surface area (Å²) in [6.45, 7) is 11.7. The van der Waals surface area contributed by atoms with Gasteiger partial charge in [0.1, 0.15) is 0 Å². The lowest BCUT2D eigenvalue weighted by molar-refractivity contribution is -0.132. The van der Waals surface area contributed by atoms with Crippen LogP contribution in [0.2, 0.25) is 0 Å². The molecular weight excluding hydrogens is 290 g/mol. The summed E-state index contributed by atoms with van der Waals surface area (Å²) >= 11 is 0. The third-order valence-electron chi connectivity index (χ3n) is 5.85. The Morgan fingerprint density at radius 3 is 2.65 bits per heavy atom. The predicted molar refractivity (Wildman–Crippen MR) is 93.6 cm³/mol. The largest absolute Gasteiger partial charge is 0.379 e. The molecule has 1 aliphatic carbocycles. The quantitative estimate of drug-likeness (QED) is 0.810. The molecule has 0 aromatic carbocycles. The maximum atomic E-state index is 12.7. The molecule has 1 saturated carbocycles. The first-order valence-electron chi connectivity index (χ1n) is 9.18. The third kappa shape index (κ3) is 4.46. The van der Waals surface area contributed by atoms with E-state index in [1.54, 1.807) is 0 Å². The van der Waals surface area contributed by atoms with Crippen molar-refractivity contribution >= 4 is 5.91 Å². The minimum absolute atomic E-state index is 0.139. The topological polar surface area (TPSA) is 44.8 Å². The van der Waals surface area contributed by atoms with Gasteiger partial charge in [-0.2, -0.15) is 0 Å². The molecule has 0 spiro atoms. The fourth-order valence-electron chi connectivity index (χ4n) is 3.88. The van der Waals surface area contributed by atoms with Crippen LogP contribution in [0.5, 0.6) is 0 Å². The SMILES string of the molecule is C[C@H](CNC(=O)C(C)(C)N(C)C1CCCC1)N1CCOC[C@@H]1C. The van der Waals surface area contributed by atoms with E-state index in [1.165, 1.54) is 25.7 Å². The molecule has 2 fully saturated rings. The third-order valence-corrected chi connectivity index (χ3v) is 5.85. The van der Waals surface area contributed by atoms with Crippen molar-refractivity contribution in [2.24, 2.45) is 0 Å². The van der Waals surface area contributed by atoms with Crippen molar-refractivity contribution in [1.29, 1.82) is 0 Å². The highest BCUT2D eigenvalue weighted by Crippen LogP contribution is 2.27. The normalized spacial score (nSPS) is 25.7. The molecule has 1 amide bonds. The number of morpholine rings is 1. The highest BCUT2D eigenvalue weighted by atomic mass is 16.5. The van der Waals surface area contributed by atoms with E-state index in [-0.39, 0.29) is 5.91 Å². The van der Waals surface area contributed by atoms with Crippen LogP contribution >= 0.6 is 0 Å². The summed E-state index contributed by atoms with van der Waals surface area (Å²) < 4.78 is 5.49. The second-order valence-corrected chi connectivity index (χ2v) is 7.83. The van der Waals surface area contributed by atoms with Gasteiger partial charge in [-0.25, -0.2) is 0 Å². The number of nitrogens with one attached hydrogen (secondary N) is 1. The maximum Gasteiger partial charge on any atom is 0.240 e. The van der Waals surface area contributed by atoms with Crippen molar-refractivity contribution in [2.45, 2.75) is 77.0 Å². The molecule has 0 unspecified atom stereocenters. The average Bonchev–Trinajstić information content (AvgIpc) is 3.06. The van der Waals surface area contributed by atoms with Crippen LogP contribution in [0.1, 0.15) is 53.4 Å². The van der Waals surface area contributed by atoms with E-state index in [1.807, 2.05) is 13.8 Å². The Morgan fingerprint density at radius 1 is 1.39 bits per heavy atom. The van der Waals surface area contributed by atoms with E-state index in [4.69, 9.17) is 4.74 Å². The summed E-state index contributed by atoms with van der Waals surface area (Å²) in [7, 11) is 2.10. The van der Waals surface area contributed by atoms with Crippen LogP contribution in [-0.4, -0.2) is 72.7 Å². The van der Waals surface area contributed by atoms with Crippen LogP contribution in [0, 0.1) is 0 Å². The zero-order valence-electron chi connectivity index (χ0n) is 15.6. The minimum Gasteiger partial charge on any atom is -0.379 e. The number of ether oxygens (including phenoxy) is 1. The molecular formula is C18H35N3O2. The summed E-state index contributed by atoms with van der Waals surface area (Å²) in [6, 6.07) is 1.31. The van der Waals surface area contributed by atoms with Crippen molar-refractivity contribution < 1.29 is 9.53 Å². The van der Waals surface area contributed by atoms with Crippen LogP contribution in [0.15, 0.2) is 0 Å². The van der Waals surface area contributed by atoms with Gasteiger partial charge in [-0.15, -0.1) is 0 Å². The fourth-order valence-corrected chi connectivity index (χ4v) is 3.88. The standard InChI is InChI=1S/C18H35N3O2/c1-14(21-10-11-23-13-15(21)2)12-19-17(22)18(3,4)20(5)16-8-6-7-9-16/h14-16H,6-13H2,1-5H3,(H,19,22)/t14-,15+/m1/s1. The molecule has 2 aliphatic rings. The van der Waals surface area contributed by atoms with Gasteiger partial charge in [0.2, 0.25) is 5.91 Å². The fraction of sp³-hybridized carbons (Fsp3) is 0.944. The van der Waals surface area contributed by atoms with Crippen molar-refractivity contribution in [1.82, 2.24) is 15.1 Å². The van der Waals surface area contributed by atoms with Crippen LogP contribution < -0.4 is 5.32 Å². The van der Waals surface area contributed by atoms with E-state index in [9.17, 15) is 4.79 Å². The Morgan fingerprint density at radius 2 is 2.04 bits per heavy atom. The van der Waals surface area contributed by atoms with E-state index in [2.05, 4.69) is 36.0 Å². The maximum absolute atomic E-state index is 12.7. The van der Waals surface area contributed by atoms with Gasteiger partial charge in [-0.05, 0) is 47.6 Å². The van der Waals surface area contributed by atoms with Gasteiger partial charge in [0, 0.05) is 31.2 Å². The number of nitrogens with zero attached hydrogens (tertiary/aromatic N) is 2. The molecule has 2 rings (SSSR count). The van der Waals surface area contributed by atoms with Gasteiger partial charge < -0.3 is 10.1 Å². The van der Waals surface area contributed by atoms with Crippen LogP contribution in [-0.2, 0) is 9.53 Å². The molecule has 2 atom stereocenters. The van der Waals surface area contributed by atoms with E-state index in [0.29, 0.717) is 24.7 Å². The van der Waals surface area contributed by atoms with Crippen LogP contribution in [0.3, 0.4) is 0 Å². The van der Waals surface area contributed by atoms with E-state index in [0.717, 1.165) is 19.8 Å².